The van der Waals surface area contributed by atoms with Gasteiger partial charge in [0.15, 0.2) is 0 Å². The standard InChI is InChI=1S/C20H18BrNO2/c1-24-20-12-10-19(11-13-20)22(18-8-4-16(21)5-9-18)17-6-2-15(14-23)3-7-17/h2-13,23H,14H2,1H3. The van der Waals surface area contributed by atoms with Crippen molar-refractivity contribution in [1.29, 1.82) is 0 Å². The zero-order valence-electron chi connectivity index (χ0n) is 13.3. The fraction of sp³-hybridized carbons (Fsp3) is 0.100. The van der Waals surface area contributed by atoms with Crippen LogP contribution in [0.15, 0.2) is 77.3 Å². The molecule has 1 N–H and O–H groups in total. The number of aliphatic hydroxyl groups excluding tert-OH is 1. The van der Waals surface area contributed by atoms with E-state index in [9.17, 15) is 5.11 Å². The van der Waals surface area contributed by atoms with Gasteiger partial charge in [-0.15, -0.1) is 0 Å². The van der Waals surface area contributed by atoms with Crippen LogP contribution >= 0.6 is 15.9 Å². The zero-order chi connectivity index (χ0) is 16.9. The molecule has 0 atom stereocenters. The van der Waals surface area contributed by atoms with E-state index < -0.39 is 0 Å². The lowest BCUT2D eigenvalue weighted by molar-refractivity contribution is 0.282. The highest BCUT2D eigenvalue weighted by Gasteiger charge is 2.12. The van der Waals surface area contributed by atoms with Crippen LogP contribution in [0.2, 0.25) is 0 Å². The van der Waals surface area contributed by atoms with Gasteiger partial charge < -0.3 is 14.7 Å². The molecule has 3 rings (SSSR count). The Hall–Kier alpha value is -2.30. The molecule has 0 aromatic heterocycles. The van der Waals surface area contributed by atoms with Crippen LogP contribution in [0.4, 0.5) is 17.1 Å². The van der Waals surface area contributed by atoms with Crippen LogP contribution in [0.5, 0.6) is 5.75 Å². The van der Waals surface area contributed by atoms with Gasteiger partial charge in [-0.2, -0.15) is 0 Å². The fourth-order valence-corrected chi connectivity index (χ4v) is 2.78. The van der Waals surface area contributed by atoms with Crippen LogP contribution in [-0.4, -0.2) is 12.2 Å². The summed E-state index contributed by atoms with van der Waals surface area (Å²) < 4.78 is 6.29. The van der Waals surface area contributed by atoms with Crippen LogP contribution in [0.1, 0.15) is 5.56 Å². The molecule has 0 saturated carbocycles. The van der Waals surface area contributed by atoms with Crippen LogP contribution in [0, 0.1) is 0 Å². The molecular formula is C20H18BrNO2. The molecule has 0 aliphatic heterocycles. The highest BCUT2D eigenvalue weighted by atomic mass is 79.9. The monoisotopic (exact) mass is 383 g/mol. The minimum absolute atomic E-state index is 0.0428. The predicted molar refractivity (Wildman–Crippen MR) is 101 cm³/mol. The van der Waals surface area contributed by atoms with Crippen molar-refractivity contribution in [2.24, 2.45) is 0 Å². The summed E-state index contributed by atoms with van der Waals surface area (Å²) in [6.45, 7) is 0.0428. The number of anilines is 3. The summed E-state index contributed by atoms with van der Waals surface area (Å²) in [4.78, 5) is 2.16. The Morgan fingerprint density at radius 1 is 0.792 bits per heavy atom. The number of benzene rings is 3. The molecule has 0 heterocycles. The fourth-order valence-electron chi connectivity index (χ4n) is 2.52. The number of halogens is 1. The van der Waals surface area contributed by atoms with E-state index in [2.05, 4.69) is 33.0 Å². The molecule has 0 aliphatic rings. The first-order chi connectivity index (χ1) is 11.7. The molecule has 4 heteroatoms. The minimum Gasteiger partial charge on any atom is -0.497 e. The van der Waals surface area contributed by atoms with Crippen molar-refractivity contribution in [3.63, 3.8) is 0 Å². The van der Waals surface area contributed by atoms with E-state index in [0.717, 1.165) is 32.8 Å². The quantitative estimate of drug-likeness (QED) is 0.638. The van der Waals surface area contributed by atoms with E-state index in [4.69, 9.17) is 4.74 Å². The molecule has 3 aromatic rings. The van der Waals surface area contributed by atoms with Gasteiger partial charge in [0.25, 0.3) is 0 Å². The Morgan fingerprint density at radius 2 is 1.25 bits per heavy atom. The zero-order valence-corrected chi connectivity index (χ0v) is 14.9. The molecule has 0 aliphatic carbocycles. The van der Waals surface area contributed by atoms with E-state index in [-0.39, 0.29) is 6.61 Å². The average molecular weight is 384 g/mol. The van der Waals surface area contributed by atoms with Gasteiger partial charge >= 0.3 is 0 Å². The minimum atomic E-state index is 0.0428. The molecule has 24 heavy (non-hydrogen) atoms. The van der Waals surface area contributed by atoms with Crippen LogP contribution in [0.3, 0.4) is 0 Å². The topological polar surface area (TPSA) is 32.7 Å². The summed E-state index contributed by atoms with van der Waals surface area (Å²) in [6, 6.07) is 24.0. The summed E-state index contributed by atoms with van der Waals surface area (Å²) in [5, 5.41) is 9.26. The number of nitrogens with zero attached hydrogens (tertiary/aromatic N) is 1. The highest BCUT2D eigenvalue weighted by molar-refractivity contribution is 9.10. The van der Waals surface area contributed by atoms with Gasteiger partial charge in [0, 0.05) is 21.5 Å². The first-order valence-electron chi connectivity index (χ1n) is 7.61. The van der Waals surface area contributed by atoms with Crippen molar-refractivity contribution in [2.75, 3.05) is 12.0 Å². The molecule has 0 spiro atoms. The van der Waals surface area contributed by atoms with Gasteiger partial charge in [-0.1, -0.05) is 28.1 Å². The largest absolute Gasteiger partial charge is 0.497 e. The molecule has 0 saturated heterocycles. The second kappa shape index (κ2) is 7.51. The average Bonchev–Trinajstić information content (AvgIpc) is 2.64. The maximum absolute atomic E-state index is 9.26. The molecule has 0 unspecified atom stereocenters. The molecule has 3 aromatic carbocycles. The number of hydrogen-bond donors (Lipinski definition) is 1. The molecule has 0 bridgehead atoms. The number of hydrogen-bond acceptors (Lipinski definition) is 3. The van der Waals surface area contributed by atoms with Gasteiger partial charge in [-0.05, 0) is 66.2 Å². The van der Waals surface area contributed by atoms with E-state index in [1.54, 1.807) is 7.11 Å². The normalized spacial score (nSPS) is 10.5. The summed E-state index contributed by atoms with van der Waals surface area (Å²) in [5.74, 6) is 0.824. The lowest BCUT2D eigenvalue weighted by Gasteiger charge is -2.25. The van der Waals surface area contributed by atoms with Crippen molar-refractivity contribution in [1.82, 2.24) is 0 Å². The predicted octanol–water partition coefficient (Wildman–Crippen LogP) is 5.42. The summed E-state index contributed by atoms with van der Waals surface area (Å²) in [7, 11) is 1.66. The van der Waals surface area contributed by atoms with Crippen molar-refractivity contribution in [3.8, 4) is 5.75 Å². The van der Waals surface area contributed by atoms with Gasteiger partial charge in [0.05, 0.1) is 13.7 Å². The molecule has 3 nitrogen and oxygen atoms in total. The smallest absolute Gasteiger partial charge is 0.119 e. The van der Waals surface area contributed by atoms with Gasteiger partial charge in [-0.25, -0.2) is 0 Å². The van der Waals surface area contributed by atoms with Gasteiger partial charge in [0.1, 0.15) is 5.75 Å². The number of methoxy groups -OCH3 is 1. The van der Waals surface area contributed by atoms with Gasteiger partial charge in [-0.3, -0.25) is 0 Å². The summed E-state index contributed by atoms with van der Waals surface area (Å²) >= 11 is 3.48. The number of ether oxygens (including phenoxy) is 1. The van der Waals surface area contributed by atoms with Crippen LogP contribution < -0.4 is 9.64 Å². The highest BCUT2D eigenvalue weighted by Crippen LogP contribution is 2.35. The van der Waals surface area contributed by atoms with Crippen LogP contribution in [-0.2, 0) is 6.61 Å². The molecule has 0 fully saturated rings. The molecular weight excluding hydrogens is 366 g/mol. The molecule has 0 amide bonds. The SMILES string of the molecule is COc1ccc(N(c2ccc(Br)cc2)c2ccc(CO)cc2)cc1. The number of aliphatic hydroxyl groups is 1. The summed E-state index contributed by atoms with van der Waals surface area (Å²) in [6.07, 6.45) is 0. The van der Waals surface area contributed by atoms with E-state index in [1.165, 1.54) is 0 Å². The Kier molecular flexibility index (Phi) is 5.18. The lowest BCUT2D eigenvalue weighted by Crippen LogP contribution is -2.09. The Bertz CT molecular complexity index is 736. The lowest BCUT2D eigenvalue weighted by atomic mass is 10.1. The third-order valence-electron chi connectivity index (χ3n) is 3.79. The number of rotatable bonds is 5. The first-order valence-corrected chi connectivity index (χ1v) is 8.40. The van der Waals surface area contributed by atoms with E-state index >= 15 is 0 Å². The van der Waals surface area contributed by atoms with Crippen molar-refractivity contribution >= 4 is 33.0 Å². The second-order valence-corrected chi connectivity index (χ2v) is 6.25. The maximum Gasteiger partial charge on any atom is 0.119 e. The van der Waals surface area contributed by atoms with E-state index in [1.807, 2.05) is 60.7 Å². The van der Waals surface area contributed by atoms with Crippen molar-refractivity contribution < 1.29 is 9.84 Å². The van der Waals surface area contributed by atoms with Crippen molar-refractivity contribution in [3.05, 3.63) is 82.8 Å². The molecule has 122 valence electrons. The molecule has 0 radical (unpaired) electrons. The van der Waals surface area contributed by atoms with Crippen LogP contribution in [0.25, 0.3) is 0 Å². The second-order valence-electron chi connectivity index (χ2n) is 5.33. The summed E-state index contributed by atoms with van der Waals surface area (Å²) in [5.41, 5.74) is 4.01. The Morgan fingerprint density at radius 3 is 1.71 bits per heavy atom. The Labute approximate surface area is 150 Å². The third kappa shape index (κ3) is 3.61. The third-order valence-corrected chi connectivity index (χ3v) is 4.32. The Balaban J connectivity index is 2.06. The van der Waals surface area contributed by atoms with E-state index in [0.29, 0.717) is 0 Å². The first kappa shape index (κ1) is 16.6. The van der Waals surface area contributed by atoms with Crippen molar-refractivity contribution in [2.45, 2.75) is 6.61 Å². The maximum atomic E-state index is 9.26. The van der Waals surface area contributed by atoms with Gasteiger partial charge in [0.2, 0.25) is 0 Å².